The molecule has 0 spiro atoms. The van der Waals surface area contributed by atoms with Gasteiger partial charge in [-0.3, -0.25) is 0 Å². The molecule has 3 heteroatoms. The summed E-state index contributed by atoms with van der Waals surface area (Å²) in [6.07, 6.45) is 3.32. The van der Waals surface area contributed by atoms with Gasteiger partial charge in [-0.2, -0.15) is 0 Å². The van der Waals surface area contributed by atoms with Crippen LogP contribution in [0, 0.1) is 0 Å². The maximum absolute atomic E-state index is 3.47. The summed E-state index contributed by atoms with van der Waals surface area (Å²) >= 11 is 1.84. The molecular weight excluding hydrogens is 276 g/mol. The quantitative estimate of drug-likeness (QED) is 0.711. The fourth-order valence-corrected chi connectivity index (χ4v) is 3.26. The third-order valence-electron chi connectivity index (χ3n) is 3.73. The molecule has 110 valence electrons. The maximum atomic E-state index is 3.47. The highest BCUT2D eigenvalue weighted by molar-refractivity contribution is 7.09. The van der Waals surface area contributed by atoms with Crippen molar-refractivity contribution in [3.63, 3.8) is 0 Å². The van der Waals surface area contributed by atoms with Gasteiger partial charge in [-0.05, 0) is 47.0 Å². The number of thiophene rings is 1. The first-order valence-electron chi connectivity index (χ1n) is 7.56. The lowest BCUT2D eigenvalue weighted by molar-refractivity contribution is 0.589. The molecule has 21 heavy (non-hydrogen) atoms. The average molecular weight is 298 g/mol. The number of fused-ring (bicyclic) bond motifs is 1. The van der Waals surface area contributed by atoms with Crippen LogP contribution in [-0.2, 0) is 19.5 Å². The zero-order chi connectivity index (χ0) is 14.7. The van der Waals surface area contributed by atoms with Gasteiger partial charge in [0.15, 0.2) is 0 Å². The Labute approximate surface area is 130 Å². The van der Waals surface area contributed by atoms with Crippen LogP contribution in [0.5, 0.6) is 0 Å². The van der Waals surface area contributed by atoms with Gasteiger partial charge in [-0.1, -0.05) is 26.0 Å². The van der Waals surface area contributed by atoms with E-state index < -0.39 is 0 Å². The molecule has 1 aromatic carbocycles. The van der Waals surface area contributed by atoms with Gasteiger partial charge in [0.2, 0.25) is 0 Å². The van der Waals surface area contributed by atoms with Crippen LogP contribution in [0.25, 0.3) is 10.9 Å². The van der Waals surface area contributed by atoms with E-state index in [4.69, 9.17) is 0 Å². The summed E-state index contributed by atoms with van der Waals surface area (Å²) in [5.41, 5.74) is 2.69. The van der Waals surface area contributed by atoms with Crippen LogP contribution in [0.15, 0.2) is 48.0 Å². The van der Waals surface area contributed by atoms with Crippen molar-refractivity contribution >= 4 is 22.2 Å². The van der Waals surface area contributed by atoms with Crippen molar-refractivity contribution in [2.45, 2.75) is 39.4 Å². The number of benzene rings is 1. The Kier molecular flexibility index (Phi) is 4.42. The standard InChI is InChI=1S/C18H22N2S/c1-14(2)19-13-15-5-6-18-16(12-15)7-9-20(18)10-8-17-4-3-11-21-17/h3-7,9,11-12,14,19H,8,10,13H2,1-2H3. The average Bonchev–Trinajstić information content (AvgIpc) is 3.12. The molecule has 0 aliphatic rings. The zero-order valence-electron chi connectivity index (χ0n) is 12.7. The number of aryl methyl sites for hydroxylation is 2. The SMILES string of the molecule is CC(C)NCc1ccc2c(ccn2CCc2cccs2)c1. The number of aromatic nitrogens is 1. The van der Waals surface area contributed by atoms with Gasteiger partial charge >= 0.3 is 0 Å². The lowest BCUT2D eigenvalue weighted by Gasteiger charge is -2.09. The minimum atomic E-state index is 0.524. The van der Waals surface area contributed by atoms with Crippen LogP contribution in [0.2, 0.25) is 0 Å². The van der Waals surface area contributed by atoms with Gasteiger partial charge in [-0.15, -0.1) is 11.3 Å². The Hall–Kier alpha value is -1.58. The number of nitrogens with one attached hydrogen (secondary N) is 1. The molecule has 3 rings (SSSR count). The Bertz CT molecular complexity index is 695. The molecule has 2 aromatic heterocycles. The van der Waals surface area contributed by atoms with Crippen LogP contribution in [-0.4, -0.2) is 10.6 Å². The number of hydrogen-bond acceptors (Lipinski definition) is 2. The summed E-state index contributed by atoms with van der Waals surface area (Å²) in [6.45, 7) is 6.35. The van der Waals surface area contributed by atoms with E-state index in [0.717, 1.165) is 19.5 Å². The summed E-state index contributed by atoms with van der Waals surface area (Å²) in [6, 6.07) is 13.9. The fourth-order valence-electron chi connectivity index (χ4n) is 2.56. The van der Waals surface area contributed by atoms with Gasteiger partial charge in [0, 0.05) is 35.7 Å². The lowest BCUT2D eigenvalue weighted by atomic mass is 10.1. The first kappa shape index (κ1) is 14.4. The normalized spacial score (nSPS) is 11.6. The van der Waals surface area contributed by atoms with E-state index in [1.165, 1.54) is 21.3 Å². The summed E-state index contributed by atoms with van der Waals surface area (Å²) in [5.74, 6) is 0. The van der Waals surface area contributed by atoms with Gasteiger partial charge in [0.1, 0.15) is 0 Å². The topological polar surface area (TPSA) is 17.0 Å². The molecule has 0 amide bonds. The Morgan fingerprint density at radius 3 is 2.86 bits per heavy atom. The second-order valence-electron chi connectivity index (χ2n) is 5.77. The van der Waals surface area contributed by atoms with Gasteiger partial charge in [0.25, 0.3) is 0 Å². The number of nitrogens with zero attached hydrogens (tertiary/aromatic N) is 1. The zero-order valence-corrected chi connectivity index (χ0v) is 13.5. The van der Waals surface area contributed by atoms with E-state index in [0.29, 0.717) is 6.04 Å². The van der Waals surface area contributed by atoms with Crippen molar-refractivity contribution in [1.82, 2.24) is 9.88 Å². The molecule has 3 aromatic rings. The van der Waals surface area contributed by atoms with Gasteiger partial charge in [0.05, 0.1) is 0 Å². The third kappa shape index (κ3) is 3.55. The van der Waals surface area contributed by atoms with Gasteiger partial charge in [-0.25, -0.2) is 0 Å². The second kappa shape index (κ2) is 6.46. The van der Waals surface area contributed by atoms with E-state index in [-0.39, 0.29) is 0 Å². The summed E-state index contributed by atoms with van der Waals surface area (Å²) < 4.78 is 2.36. The summed E-state index contributed by atoms with van der Waals surface area (Å²) in [7, 11) is 0. The molecular formula is C18H22N2S. The van der Waals surface area contributed by atoms with Gasteiger partial charge < -0.3 is 9.88 Å². The van der Waals surface area contributed by atoms with Crippen molar-refractivity contribution < 1.29 is 0 Å². The third-order valence-corrected chi connectivity index (χ3v) is 4.67. The number of hydrogen-bond donors (Lipinski definition) is 1. The van der Waals surface area contributed by atoms with E-state index in [1.807, 2.05) is 11.3 Å². The monoisotopic (exact) mass is 298 g/mol. The molecule has 0 aliphatic heterocycles. The molecule has 0 radical (unpaired) electrons. The van der Waals surface area contributed by atoms with Crippen molar-refractivity contribution in [3.8, 4) is 0 Å². The maximum Gasteiger partial charge on any atom is 0.0480 e. The molecule has 0 atom stereocenters. The molecule has 1 N–H and O–H groups in total. The van der Waals surface area contributed by atoms with Crippen LogP contribution in [0.1, 0.15) is 24.3 Å². The lowest BCUT2D eigenvalue weighted by Crippen LogP contribution is -2.21. The van der Waals surface area contributed by atoms with Crippen LogP contribution >= 0.6 is 11.3 Å². The predicted octanol–water partition coefficient (Wildman–Crippen LogP) is 4.44. The number of rotatable bonds is 6. The first-order chi connectivity index (χ1) is 10.2. The van der Waals surface area contributed by atoms with Crippen molar-refractivity contribution in [1.29, 1.82) is 0 Å². The van der Waals surface area contributed by atoms with E-state index >= 15 is 0 Å². The van der Waals surface area contributed by atoms with E-state index in [2.05, 4.69) is 71.7 Å². The highest BCUT2D eigenvalue weighted by Crippen LogP contribution is 2.19. The second-order valence-corrected chi connectivity index (χ2v) is 6.80. The van der Waals surface area contributed by atoms with E-state index in [9.17, 15) is 0 Å². The molecule has 0 saturated carbocycles. The summed E-state index contributed by atoms with van der Waals surface area (Å²) in [4.78, 5) is 1.45. The largest absolute Gasteiger partial charge is 0.347 e. The molecule has 2 heterocycles. The van der Waals surface area contributed by atoms with Crippen LogP contribution in [0.4, 0.5) is 0 Å². The predicted molar refractivity (Wildman–Crippen MR) is 91.9 cm³/mol. The molecule has 0 aliphatic carbocycles. The van der Waals surface area contributed by atoms with Crippen LogP contribution < -0.4 is 5.32 Å². The molecule has 0 bridgehead atoms. The van der Waals surface area contributed by atoms with E-state index in [1.54, 1.807) is 0 Å². The molecule has 0 fully saturated rings. The van der Waals surface area contributed by atoms with Crippen molar-refractivity contribution in [3.05, 3.63) is 58.4 Å². The summed E-state index contributed by atoms with van der Waals surface area (Å²) in [5, 5.41) is 6.96. The highest BCUT2D eigenvalue weighted by atomic mass is 32.1. The first-order valence-corrected chi connectivity index (χ1v) is 8.44. The van der Waals surface area contributed by atoms with Crippen molar-refractivity contribution in [2.24, 2.45) is 0 Å². The molecule has 0 saturated heterocycles. The van der Waals surface area contributed by atoms with Crippen molar-refractivity contribution in [2.75, 3.05) is 0 Å². The van der Waals surface area contributed by atoms with Crippen LogP contribution in [0.3, 0.4) is 0 Å². The Balaban J connectivity index is 1.73. The Morgan fingerprint density at radius 2 is 2.10 bits per heavy atom. The molecule has 0 unspecified atom stereocenters. The minimum Gasteiger partial charge on any atom is -0.347 e. The fraction of sp³-hybridized carbons (Fsp3) is 0.333. The Morgan fingerprint density at radius 1 is 1.19 bits per heavy atom. The highest BCUT2D eigenvalue weighted by Gasteiger charge is 2.03. The molecule has 2 nitrogen and oxygen atoms in total. The smallest absolute Gasteiger partial charge is 0.0480 e. The minimum absolute atomic E-state index is 0.524.